The Hall–Kier alpha value is -2.10. The number of carbonyl (C=O) groups is 4. The molecule has 0 N–H and O–H groups in total. The number of benzene rings is 1. The molecule has 0 aliphatic heterocycles. The summed E-state index contributed by atoms with van der Waals surface area (Å²) in [5.41, 5.74) is 0.803. The Balaban J connectivity index is 2.72. The zero-order chi connectivity index (χ0) is 19.7. The van der Waals surface area contributed by atoms with Crippen LogP contribution in [0.4, 0.5) is 0 Å². The monoisotopic (exact) mass is 358 g/mol. The Bertz CT molecular complexity index is 633. The lowest BCUT2D eigenvalue weighted by Crippen LogP contribution is -2.27. The van der Waals surface area contributed by atoms with Gasteiger partial charge in [-0.15, -0.1) is 0 Å². The third-order valence-electron chi connectivity index (χ3n) is 4.98. The summed E-state index contributed by atoms with van der Waals surface area (Å²) in [5.74, 6) is -2.33. The van der Waals surface area contributed by atoms with Crippen LogP contribution in [0, 0.1) is 11.8 Å². The van der Waals surface area contributed by atoms with Gasteiger partial charge < -0.3 is 0 Å². The van der Waals surface area contributed by atoms with Crippen LogP contribution in [0.5, 0.6) is 0 Å². The quantitative estimate of drug-likeness (QED) is 0.522. The van der Waals surface area contributed by atoms with E-state index in [9.17, 15) is 19.2 Å². The van der Waals surface area contributed by atoms with Crippen LogP contribution in [0.25, 0.3) is 0 Å². The molecule has 0 saturated heterocycles. The fourth-order valence-electron chi connectivity index (χ4n) is 3.41. The maximum atomic E-state index is 12.5. The molecule has 0 bridgehead atoms. The molecule has 4 nitrogen and oxygen atoms in total. The molecular weight excluding hydrogens is 328 g/mol. The predicted molar refractivity (Wildman–Crippen MR) is 102 cm³/mol. The molecule has 0 fully saturated rings. The van der Waals surface area contributed by atoms with E-state index >= 15 is 0 Å². The van der Waals surface area contributed by atoms with Crippen LogP contribution in [0.3, 0.4) is 0 Å². The van der Waals surface area contributed by atoms with Gasteiger partial charge in [0.15, 0.2) is 5.78 Å². The molecule has 0 radical (unpaired) electrons. The zero-order valence-corrected chi connectivity index (χ0v) is 16.3. The molecule has 0 aliphatic carbocycles. The summed E-state index contributed by atoms with van der Waals surface area (Å²) in [6.07, 6.45) is 2.13. The van der Waals surface area contributed by atoms with Crippen molar-refractivity contribution in [3.8, 4) is 0 Å². The first-order chi connectivity index (χ1) is 12.3. The van der Waals surface area contributed by atoms with E-state index in [2.05, 4.69) is 0 Å². The predicted octanol–water partition coefficient (Wildman–Crippen LogP) is 4.31. The van der Waals surface area contributed by atoms with E-state index in [1.807, 2.05) is 44.2 Å². The van der Waals surface area contributed by atoms with Crippen molar-refractivity contribution in [2.45, 2.75) is 65.7 Å². The van der Waals surface area contributed by atoms with E-state index in [1.165, 1.54) is 6.92 Å². The van der Waals surface area contributed by atoms with Gasteiger partial charge in [-0.3, -0.25) is 19.2 Å². The third kappa shape index (κ3) is 6.01. The molecule has 2 unspecified atom stereocenters. The molecule has 142 valence electrons. The average Bonchev–Trinajstić information content (AvgIpc) is 2.63. The van der Waals surface area contributed by atoms with Crippen molar-refractivity contribution < 1.29 is 19.2 Å². The van der Waals surface area contributed by atoms with Crippen molar-refractivity contribution in [3.05, 3.63) is 35.9 Å². The lowest BCUT2D eigenvalue weighted by molar-refractivity contribution is -0.140. The van der Waals surface area contributed by atoms with Crippen LogP contribution in [0.2, 0.25) is 0 Å². The largest absolute Gasteiger partial charge is 0.299 e. The van der Waals surface area contributed by atoms with E-state index in [-0.39, 0.29) is 36.1 Å². The van der Waals surface area contributed by atoms with E-state index in [4.69, 9.17) is 0 Å². The summed E-state index contributed by atoms with van der Waals surface area (Å²) in [4.78, 5) is 48.9. The summed E-state index contributed by atoms with van der Waals surface area (Å²) in [6.45, 7) is 7.08. The highest BCUT2D eigenvalue weighted by molar-refractivity contribution is 6.38. The molecule has 0 heterocycles. The highest BCUT2D eigenvalue weighted by atomic mass is 16.2. The summed E-state index contributed by atoms with van der Waals surface area (Å²) in [5, 5.41) is 0. The molecule has 0 spiro atoms. The summed E-state index contributed by atoms with van der Waals surface area (Å²) in [6, 6.07) is 9.20. The first kappa shape index (κ1) is 21.9. The molecule has 0 saturated carbocycles. The van der Waals surface area contributed by atoms with Gasteiger partial charge in [0.05, 0.1) is 5.92 Å². The normalized spacial score (nSPS) is 14.3. The van der Waals surface area contributed by atoms with Gasteiger partial charge in [0.1, 0.15) is 11.6 Å². The van der Waals surface area contributed by atoms with Gasteiger partial charge in [0, 0.05) is 24.7 Å². The maximum Gasteiger partial charge on any atom is 0.201 e. The summed E-state index contributed by atoms with van der Waals surface area (Å²) < 4.78 is 0. The second kappa shape index (κ2) is 10.8. The first-order valence-electron chi connectivity index (χ1n) is 9.48. The van der Waals surface area contributed by atoms with Crippen LogP contribution in [0.1, 0.15) is 71.3 Å². The molecule has 3 atom stereocenters. The van der Waals surface area contributed by atoms with Crippen molar-refractivity contribution in [2.24, 2.45) is 11.8 Å². The number of Topliss-reactive ketones (excluding diaryl/α,β-unsaturated/α-hetero) is 4. The van der Waals surface area contributed by atoms with Gasteiger partial charge in [-0.05, 0) is 25.3 Å². The smallest absolute Gasteiger partial charge is 0.201 e. The standard InChI is InChI=1S/C22H30O4/c1-5-10-17(6-2)22(26)20(25)14-13-19(24)15(3)21(16(4)23)18-11-8-7-9-12-18/h7-9,11-12,15,17,21H,5-6,10,13-14H2,1-4H3/t15?,17?,21-/m1/s1. The molecular formula is C22H30O4. The Morgan fingerprint density at radius 1 is 0.962 bits per heavy atom. The van der Waals surface area contributed by atoms with Crippen molar-refractivity contribution >= 4 is 23.1 Å². The van der Waals surface area contributed by atoms with Gasteiger partial charge in [0.2, 0.25) is 5.78 Å². The van der Waals surface area contributed by atoms with E-state index in [0.717, 1.165) is 12.0 Å². The summed E-state index contributed by atoms with van der Waals surface area (Å²) >= 11 is 0. The minimum Gasteiger partial charge on any atom is -0.299 e. The average molecular weight is 358 g/mol. The van der Waals surface area contributed by atoms with E-state index < -0.39 is 17.6 Å². The van der Waals surface area contributed by atoms with Crippen LogP contribution in [-0.2, 0) is 19.2 Å². The third-order valence-corrected chi connectivity index (χ3v) is 4.98. The minimum atomic E-state index is -0.518. The number of rotatable bonds is 12. The number of carbonyl (C=O) groups excluding carboxylic acids is 4. The number of hydrogen-bond acceptors (Lipinski definition) is 4. The van der Waals surface area contributed by atoms with Gasteiger partial charge in [-0.1, -0.05) is 57.5 Å². The van der Waals surface area contributed by atoms with Crippen LogP contribution in [-0.4, -0.2) is 23.1 Å². The topological polar surface area (TPSA) is 68.3 Å². The maximum absolute atomic E-state index is 12.5. The molecule has 1 aromatic carbocycles. The molecule has 0 aliphatic rings. The van der Waals surface area contributed by atoms with Crippen LogP contribution < -0.4 is 0 Å². The molecule has 26 heavy (non-hydrogen) atoms. The number of ketones is 4. The Kier molecular flexibility index (Phi) is 9.11. The minimum absolute atomic E-state index is 0.00487. The number of hydrogen-bond donors (Lipinski definition) is 0. The molecule has 0 amide bonds. The lowest BCUT2D eigenvalue weighted by Gasteiger charge is -2.21. The lowest BCUT2D eigenvalue weighted by atomic mass is 9.80. The zero-order valence-electron chi connectivity index (χ0n) is 16.3. The highest BCUT2D eigenvalue weighted by Gasteiger charge is 2.30. The van der Waals surface area contributed by atoms with Crippen molar-refractivity contribution in [2.75, 3.05) is 0 Å². The Labute approximate surface area is 156 Å². The Morgan fingerprint density at radius 2 is 1.58 bits per heavy atom. The van der Waals surface area contributed by atoms with E-state index in [1.54, 1.807) is 6.92 Å². The van der Waals surface area contributed by atoms with Crippen LogP contribution >= 0.6 is 0 Å². The molecule has 1 aromatic rings. The fraction of sp³-hybridized carbons (Fsp3) is 0.545. The summed E-state index contributed by atoms with van der Waals surface area (Å²) in [7, 11) is 0. The molecule has 1 rings (SSSR count). The highest BCUT2D eigenvalue weighted by Crippen LogP contribution is 2.27. The first-order valence-corrected chi connectivity index (χ1v) is 9.48. The van der Waals surface area contributed by atoms with Crippen molar-refractivity contribution in [1.29, 1.82) is 0 Å². The Morgan fingerprint density at radius 3 is 2.08 bits per heavy atom. The van der Waals surface area contributed by atoms with Gasteiger partial charge in [0.25, 0.3) is 0 Å². The molecule has 4 heteroatoms. The van der Waals surface area contributed by atoms with Crippen LogP contribution in [0.15, 0.2) is 30.3 Å². The second-order valence-electron chi connectivity index (χ2n) is 6.94. The SMILES string of the molecule is CCCC(CC)C(=O)C(=O)CCC(=O)C(C)[C@H](C(C)=O)c1ccccc1. The van der Waals surface area contributed by atoms with Gasteiger partial charge in [-0.2, -0.15) is 0 Å². The van der Waals surface area contributed by atoms with Gasteiger partial charge in [-0.25, -0.2) is 0 Å². The van der Waals surface area contributed by atoms with Crippen molar-refractivity contribution in [3.63, 3.8) is 0 Å². The van der Waals surface area contributed by atoms with Crippen molar-refractivity contribution in [1.82, 2.24) is 0 Å². The molecule has 0 aromatic heterocycles. The fourth-order valence-corrected chi connectivity index (χ4v) is 3.41. The van der Waals surface area contributed by atoms with E-state index in [0.29, 0.717) is 12.8 Å². The second-order valence-corrected chi connectivity index (χ2v) is 6.94. The van der Waals surface area contributed by atoms with Gasteiger partial charge >= 0.3 is 0 Å².